The fraction of sp³-hybridized carbons (Fsp3) is 0.500. The van der Waals surface area contributed by atoms with Crippen LogP contribution in [0.15, 0.2) is 12.4 Å². The average Bonchev–Trinajstić information content (AvgIpc) is 2.89. The van der Waals surface area contributed by atoms with E-state index in [1.165, 1.54) is 17.1 Å². The normalized spacial score (nSPS) is 18.6. The van der Waals surface area contributed by atoms with Crippen LogP contribution in [-0.4, -0.2) is 46.1 Å². The molecule has 2 rings (SSSR count). The summed E-state index contributed by atoms with van der Waals surface area (Å²) >= 11 is 0. The van der Waals surface area contributed by atoms with Gasteiger partial charge in [0, 0.05) is 12.8 Å². The lowest BCUT2D eigenvalue weighted by molar-refractivity contribution is -0.137. The van der Waals surface area contributed by atoms with Crippen LogP contribution in [0, 0.1) is 0 Å². The van der Waals surface area contributed by atoms with E-state index in [9.17, 15) is 9.59 Å². The predicted molar refractivity (Wildman–Crippen MR) is 61.2 cm³/mol. The lowest BCUT2D eigenvalue weighted by atomic mass is 10.3. The molecule has 1 atom stereocenters. The third-order valence-corrected chi connectivity index (χ3v) is 2.45. The first kappa shape index (κ1) is 12.4. The minimum Gasteiger partial charge on any atom is -0.480 e. The summed E-state index contributed by atoms with van der Waals surface area (Å²) in [5.41, 5.74) is 0.452. The molecule has 1 fully saturated rings. The Hall–Kier alpha value is -2.09. The van der Waals surface area contributed by atoms with Gasteiger partial charge < -0.3 is 20.5 Å². The molecule has 0 bridgehead atoms. The highest BCUT2D eigenvalue weighted by Crippen LogP contribution is 2.06. The molecule has 0 aliphatic carbocycles. The predicted octanol–water partition coefficient (Wildman–Crippen LogP) is -0.122. The maximum Gasteiger partial charge on any atom is 0.325 e. The Balaban J connectivity index is 1.82. The highest BCUT2D eigenvalue weighted by molar-refractivity contribution is 5.89. The van der Waals surface area contributed by atoms with Crippen molar-refractivity contribution in [1.82, 2.24) is 15.1 Å². The summed E-state index contributed by atoms with van der Waals surface area (Å²) in [5.74, 6) is -0.989. The second kappa shape index (κ2) is 5.50. The first-order valence-electron chi connectivity index (χ1n) is 5.53. The van der Waals surface area contributed by atoms with Gasteiger partial charge in [-0.05, 0) is 6.42 Å². The first-order valence-corrected chi connectivity index (χ1v) is 5.53. The van der Waals surface area contributed by atoms with E-state index in [1.807, 2.05) is 0 Å². The van der Waals surface area contributed by atoms with Gasteiger partial charge in [-0.3, -0.25) is 9.48 Å². The van der Waals surface area contributed by atoms with E-state index >= 15 is 0 Å². The number of ether oxygens (including phenoxy) is 1. The van der Waals surface area contributed by atoms with E-state index in [0.717, 1.165) is 6.42 Å². The molecule has 1 aliphatic heterocycles. The van der Waals surface area contributed by atoms with Crippen LogP contribution in [-0.2, 0) is 16.1 Å². The maximum atomic E-state index is 11.6. The Morgan fingerprint density at radius 1 is 1.61 bits per heavy atom. The largest absolute Gasteiger partial charge is 0.480 e. The van der Waals surface area contributed by atoms with Crippen molar-refractivity contribution < 1.29 is 19.4 Å². The van der Waals surface area contributed by atoms with Gasteiger partial charge in [0.15, 0.2) is 0 Å². The lowest BCUT2D eigenvalue weighted by Gasteiger charge is -2.10. The van der Waals surface area contributed by atoms with Gasteiger partial charge in [-0.25, -0.2) is 4.79 Å². The Morgan fingerprint density at radius 3 is 3.11 bits per heavy atom. The molecule has 1 unspecified atom stereocenters. The number of aliphatic carboxylic acids is 1. The number of rotatable bonds is 4. The maximum absolute atomic E-state index is 11.6. The summed E-state index contributed by atoms with van der Waals surface area (Å²) in [6.07, 6.45) is 3.65. The van der Waals surface area contributed by atoms with Crippen LogP contribution in [0.3, 0.4) is 0 Å². The monoisotopic (exact) mass is 254 g/mol. The zero-order valence-electron chi connectivity index (χ0n) is 9.63. The number of amides is 2. The van der Waals surface area contributed by atoms with Crippen molar-refractivity contribution in [3.05, 3.63) is 12.4 Å². The van der Waals surface area contributed by atoms with Gasteiger partial charge in [-0.2, -0.15) is 5.10 Å². The molecule has 98 valence electrons. The SMILES string of the molecule is O=C(O)Cn1cc(NC(=O)NC2CCOC2)cn1. The van der Waals surface area contributed by atoms with E-state index in [-0.39, 0.29) is 18.6 Å². The van der Waals surface area contributed by atoms with Crippen molar-refractivity contribution >= 4 is 17.7 Å². The molecule has 1 aromatic heterocycles. The topological polar surface area (TPSA) is 105 Å². The number of carbonyl (C=O) groups excluding carboxylic acids is 1. The molecule has 3 N–H and O–H groups in total. The molecule has 2 amide bonds. The number of carbonyl (C=O) groups is 2. The van der Waals surface area contributed by atoms with E-state index < -0.39 is 5.97 Å². The first-order chi connectivity index (χ1) is 8.63. The van der Waals surface area contributed by atoms with Gasteiger partial charge >= 0.3 is 12.0 Å². The molecule has 2 heterocycles. The molecule has 1 aliphatic rings. The summed E-state index contributed by atoms with van der Waals surface area (Å²) in [6.45, 7) is 0.937. The van der Waals surface area contributed by atoms with Crippen LogP contribution in [0.25, 0.3) is 0 Å². The molecule has 1 aromatic rings. The molecule has 0 aromatic carbocycles. The summed E-state index contributed by atoms with van der Waals surface area (Å²) < 4.78 is 6.36. The smallest absolute Gasteiger partial charge is 0.325 e. The fourth-order valence-electron chi connectivity index (χ4n) is 1.65. The number of aromatic nitrogens is 2. The van der Waals surface area contributed by atoms with Gasteiger partial charge in [0.2, 0.25) is 0 Å². The Labute approximate surface area is 103 Å². The summed E-state index contributed by atoms with van der Waals surface area (Å²) in [7, 11) is 0. The third-order valence-electron chi connectivity index (χ3n) is 2.45. The van der Waals surface area contributed by atoms with E-state index in [0.29, 0.717) is 18.9 Å². The Morgan fingerprint density at radius 2 is 2.44 bits per heavy atom. The van der Waals surface area contributed by atoms with Crippen LogP contribution >= 0.6 is 0 Å². The number of hydrogen-bond donors (Lipinski definition) is 3. The van der Waals surface area contributed by atoms with Crippen molar-refractivity contribution in [3.8, 4) is 0 Å². The third kappa shape index (κ3) is 3.45. The second-order valence-corrected chi connectivity index (χ2v) is 3.98. The van der Waals surface area contributed by atoms with E-state index in [2.05, 4.69) is 15.7 Å². The molecule has 0 spiro atoms. The molecular formula is C10H14N4O4. The van der Waals surface area contributed by atoms with Crippen LogP contribution in [0.5, 0.6) is 0 Å². The van der Waals surface area contributed by atoms with Crippen molar-refractivity contribution in [2.75, 3.05) is 18.5 Å². The number of hydrogen-bond acceptors (Lipinski definition) is 4. The number of anilines is 1. The van der Waals surface area contributed by atoms with Crippen LogP contribution in [0.4, 0.5) is 10.5 Å². The molecular weight excluding hydrogens is 240 g/mol. The number of nitrogens with one attached hydrogen (secondary N) is 2. The van der Waals surface area contributed by atoms with Crippen molar-refractivity contribution in [2.45, 2.75) is 19.0 Å². The standard InChI is InChI=1S/C10H14N4O4/c15-9(16)5-14-4-8(3-11-14)13-10(17)12-7-1-2-18-6-7/h3-4,7H,1-2,5-6H2,(H,15,16)(H2,12,13,17). The lowest BCUT2D eigenvalue weighted by Crippen LogP contribution is -2.38. The summed E-state index contributed by atoms with van der Waals surface area (Å²) in [6, 6.07) is -0.320. The van der Waals surface area contributed by atoms with Gasteiger partial charge in [0.1, 0.15) is 6.54 Å². The Bertz CT molecular complexity index is 439. The minimum absolute atomic E-state index is 0.0269. The quantitative estimate of drug-likeness (QED) is 0.694. The Kier molecular flexibility index (Phi) is 3.78. The van der Waals surface area contributed by atoms with Crippen molar-refractivity contribution in [2.24, 2.45) is 0 Å². The highest BCUT2D eigenvalue weighted by atomic mass is 16.5. The van der Waals surface area contributed by atoms with E-state index in [1.54, 1.807) is 0 Å². The van der Waals surface area contributed by atoms with Crippen LogP contribution in [0.1, 0.15) is 6.42 Å². The fourth-order valence-corrected chi connectivity index (χ4v) is 1.65. The number of nitrogens with zero attached hydrogens (tertiary/aromatic N) is 2. The summed E-state index contributed by atoms with van der Waals surface area (Å²) in [4.78, 5) is 22.0. The van der Waals surface area contributed by atoms with Gasteiger partial charge in [-0.15, -0.1) is 0 Å². The molecule has 0 radical (unpaired) electrons. The van der Waals surface area contributed by atoms with E-state index in [4.69, 9.17) is 9.84 Å². The molecule has 8 nitrogen and oxygen atoms in total. The summed E-state index contributed by atoms with van der Waals surface area (Å²) in [5, 5.41) is 17.7. The zero-order valence-corrected chi connectivity index (χ0v) is 9.63. The highest BCUT2D eigenvalue weighted by Gasteiger charge is 2.17. The van der Waals surface area contributed by atoms with Crippen molar-refractivity contribution in [1.29, 1.82) is 0 Å². The van der Waals surface area contributed by atoms with Crippen LogP contribution in [0.2, 0.25) is 0 Å². The average molecular weight is 254 g/mol. The van der Waals surface area contributed by atoms with Gasteiger partial charge in [-0.1, -0.05) is 0 Å². The second-order valence-electron chi connectivity index (χ2n) is 3.98. The number of carboxylic acids is 1. The minimum atomic E-state index is -0.989. The number of carboxylic acid groups (broad SMARTS) is 1. The molecule has 18 heavy (non-hydrogen) atoms. The number of urea groups is 1. The molecule has 1 saturated heterocycles. The van der Waals surface area contributed by atoms with Gasteiger partial charge in [0.05, 0.1) is 24.5 Å². The van der Waals surface area contributed by atoms with Crippen molar-refractivity contribution in [3.63, 3.8) is 0 Å². The molecule has 0 saturated carbocycles. The van der Waals surface area contributed by atoms with Gasteiger partial charge in [0.25, 0.3) is 0 Å². The molecule has 8 heteroatoms. The zero-order chi connectivity index (χ0) is 13.0. The van der Waals surface area contributed by atoms with Crippen LogP contribution < -0.4 is 10.6 Å².